The van der Waals surface area contributed by atoms with Crippen molar-refractivity contribution in [2.45, 2.75) is 27.7 Å². The lowest BCUT2D eigenvalue weighted by molar-refractivity contribution is 0.866. The highest BCUT2D eigenvalue weighted by Crippen LogP contribution is 2.46. The highest BCUT2D eigenvalue weighted by atomic mass is 15.1. The Balaban J connectivity index is 1.47. The van der Waals surface area contributed by atoms with E-state index in [1.54, 1.807) is 0 Å². The molecule has 0 spiro atoms. The molecule has 0 saturated heterocycles. The smallest absolute Gasteiger partial charge is 0.0942 e. The van der Waals surface area contributed by atoms with Gasteiger partial charge in [0, 0.05) is 48.7 Å². The van der Waals surface area contributed by atoms with Gasteiger partial charge in [0.15, 0.2) is 0 Å². The zero-order valence-corrected chi connectivity index (χ0v) is 27.1. The van der Waals surface area contributed by atoms with Crippen LogP contribution in [0.2, 0.25) is 0 Å². The summed E-state index contributed by atoms with van der Waals surface area (Å²) < 4.78 is 0. The van der Waals surface area contributed by atoms with Crippen LogP contribution in [0, 0.1) is 0 Å². The molecule has 0 aliphatic carbocycles. The molecule has 6 heteroatoms. The molecule has 0 N–H and O–H groups in total. The Morgan fingerprint density at radius 3 is 1.13 bits per heavy atom. The molecule has 0 aliphatic heterocycles. The predicted octanol–water partition coefficient (Wildman–Crippen LogP) is 12.2. The second-order valence-electron chi connectivity index (χ2n) is 11.1. The van der Waals surface area contributed by atoms with Gasteiger partial charge in [-0.15, -0.1) is 10.2 Å². The molecule has 0 bridgehead atoms. The van der Waals surface area contributed by atoms with Crippen LogP contribution < -0.4 is 9.80 Å². The monoisotopic (exact) mass is 604 g/mol. The van der Waals surface area contributed by atoms with Crippen molar-refractivity contribution < 1.29 is 0 Å². The number of hydrogen-bond acceptors (Lipinski definition) is 6. The molecule has 0 heterocycles. The molecule has 0 atom stereocenters. The predicted molar refractivity (Wildman–Crippen MR) is 195 cm³/mol. The summed E-state index contributed by atoms with van der Waals surface area (Å²) in [5.41, 5.74) is 7.52. The van der Waals surface area contributed by atoms with Crippen LogP contribution in [0.5, 0.6) is 0 Å². The summed E-state index contributed by atoms with van der Waals surface area (Å²) in [5, 5.41) is 23.6. The van der Waals surface area contributed by atoms with Crippen LogP contribution in [-0.4, -0.2) is 26.2 Å². The molecule has 6 rings (SSSR count). The van der Waals surface area contributed by atoms with Gasteiger partial charge in [-0.2, -0.15) is 10.2 Å². The summed E-state index contributed by atoms with van der Waals surface area (Å²) in [6.07, 6.45) is 0. The maximum atomic E-state index is 4.86. The van der Waals surface area contributed by atoms with Crippen molar-refractivity contribution in [2.75, 3.05) is 36.0 Å². The van der Waals surface area contributed by atoms with Gasteiger partial charge in [0.05, 0.1) is 22.7 Å². The lowest BCUT2D eigenvalue weighted by Crippen LogP contribution is -2.21. The van der Waals surface area contributed by atoms with E-state index in [0.29, 0.717) is 0 Å². The Kier molecular flexibility index (Phi) is 9.44. The van der Waals surface area contributed by atoms with E-state index >= 15 is 0 Å². The van der Waals surface area contributed by atoms with Crippen molar-refractivity contribution in [2.24, 2.45) is 20.5 Å². The zero-order valence-electron chi connectivity index (χ0n) is 27.1. The van der Waals surface area contributed by atoms with Crippen LogP contribution >= 0.6 is 0 Å². The lowest BCUT2D eigenvalue weighted by Gasteiger charge is -2.20. The van der Waals surface area contributed by atoms with Gasteiger partial charge in [0.1, 0.15) is 0 Å². The molecule has 0 unspecified atom stereocenters. The van der Waals surface area contributed by atoms with Gasteiger partial charge in [-0.05, 0) is 110 Å². The van der Waals surface area contributed by atoms with Crippen molar-refractivity contribution >= 4 is 55.7 Å². The van der Waals surface area contributed by atoms with E-state index in [9.17, 15) is 0 Å². The maximum absolute atomic E-state index is 4.86. The molecule has 0 amide bonds. The second kappa shape index (κ2) is 14.2. The summed E-state index contributed by atoms with van der Waals surface area (Å²) in [4.78, 5) is 4.64. The number of fused-ring (bicyclic) bond motifs is 2. The van der Waals surface area contributed by atoms with E-state index < -0.39 is 0 Å². The third kappa shape index (κ3) is 6.38. The average Bonchev–Trinajstić information content (AvgIpc) is 3.11. The molecule has 0 radical (unpaired) electrons. The molecule has 0 saturated carbocycles. The number of rotatable bonds is 11. The third-order valence-corrected chi connectivity index (χ3v) is 8.57. The highest BCUT2D eigenvalue weighted by molar-refractivity contribution is 6.12. The fraction of sp³-hybridized carbons (Fsp3) is 0.200. The van der Waals surface area contributed by atoms with Crippen molar-refractivity contribution in [1.82, 2.24) is 0 Å². The van der Waals surface area contributed by atoms with Gasteiger partial charge < -0.3 is 9.80 Å². The fourth-order valence-electron chi connectivity index (χ4n) is 6.07. The van der Waals surface area contributed by atoms with E-state index in [1.165, 1.54) is 11.4 Å². The topological polar surface area (TPSA) is 55.9 Å². The van der Waals surface area contributed by atoms with Crippen LogP contribution in [0.1, 0.15) is 27.7 Å². The highest BCUT2D eigenvalue weighted by Gasteiger charge is 2.17. The van der Waals surface area contributed by atoms with E-state index in [2.05, 4.69) is 135 Å². The minimum Gasteiger partial charge on any atom is -0.372 e. The van der Waals surface area contributed by atoms with Gasteiger partial charge in [-0.25, -0.2) is 0 Å². The first-order chi connectivity index (χ1) is 22.6. The summed E-state index contributed by atoms with van der Waals surface area (Å²) in [5.74, 6) is 0. The van der Waals surface area contributed by atoms with Crippen LogP contribution in [-0.2, 0) is 0 Å². The van der Waals surface area contributed by atoms with E-state index in [0.717, 1.165) is 81.6 Å². The molecule has 230 valence electrons. The molecular weight excluding hydrogens is 564 g/mol. The molecular formula is C40H40N6. The number of hydrogen-bond donors (Lipinski definition) is 0. The lowest BCUT2D eigenvalue weighted by atomic mass is 9.91. The van der Waals surface area contributed by atoms with Gasteiger partial charge >= 0.3 is 0 Å². The maximum Gasteiger partial charge on any atom is 0.0942 e. The fourth-order valence-corrected chi connectivity index (χ4v) is 6.07. The number of azo groups is 2. The number of nitrogens with zero attached hydrogens (tertiary/aromatic N) is 6. The minimum absolute atomic E-state index is 0.780. The van der Waals surface area contributed by atoms with Crippen LogP contribution in [0.15, 0.2) is 142 Å². The Morgan fingerprint density at radius 1 is 0.391 bits per heavy atom. The minimum atomic E-state index is 0.780. The quantitative estimate of drug-likeness (QED) is 0.138. The van der Waals surface area contributed by atoms with E-state index in [1.807, 2.05) is 24.3 Å². The molecule has 6 nitrogen and oxygen atoms in total. The molecule has 0 fully saturated rings. The van der Waals surface area contributed by atoms with Gasteiger partial charge in [0.2, 0.25) is 0 Å². The van der Waals surface area contributed by atoms with E-state index in [-0.39, 0.29) is 0 Å². The number of anilines is 2. The van der Waals surface area contributed by atoms with Crippen LogP contribution in [0.4, 0.5) is 34.1 Å². The SMILES string of the molecule is CCN(CC)c1ccc(N=Nc2ccc3ccccc3c2-c2c(N=Nc3ccc(N(CC)CC)cc3)ccc3ccccc23)cc1. The molecule has 6 aromatic carbocycles. The number of benzene rings is 6. The zero-order chi connectivity index (χ0) is 31.9. The Hall–Kier alpha value is -5.36. The summed E-state index contributed by atoms with van der Waals surface area (Å²) in [7, 11) is 0. The molecule has 46 heavy (non-hydrogen) atoms. The van der Waals surface area contributed by atoms with Crippen molar-refractivity contribution in [3.8, 4) is 11.1 Å². The molecule has 6 aromatic rings. The normalized spacial score (nSPS) is 11.7. The van der Waals surface area contributed by atoms with Crippen molar-refractivity contribution in [3.05, 3.63) is 121 Å². The summed E-state index contributed by atoms with van der Waals surface area (Å²) >= 11 is 0. The largest absolute Gasteiger partial charge is 0.372 e. The second-order valence-corrected chi connectivity index (χ2v) is 11.1. The standard InChI is InChI=1S/C40H40N6/c1-5-45(6-2)33-23-19-31(20-24-33)41-43-37-27-17-29-13-9-11-15-35(29)39(37)40-36-16-12-10-14-30(36)18-28-38(40)44-42-32-21-25-34(26-22-32)46(7-3)8-4/h9-28H,5-8H2,1-4H3. The van der Waals surface area contributed by atoms with Crippen LogP contribution in [0.25, 0.3) is 32.7 Å². The van der Waals surface area contributed by atoms with Gasteiger partial charge in [0.25, 0.3) is 0 Å². The molecule has 0 aliphatic rings. The Morgan fingerprint density at radius 2 is 0.761 bits per heavy atom. The summed E-state index contributed by atoms with van der Waals surface area (Å²) in [6, 6.07) is 41.7. The van der Waals surface area contributed by atoms with Gasteiger partial charge in [-0.3, -0.25) is 0 Å². The first-order valence-electron chi connectivity index (χ1n) is 16.2. The summed E-state index contributed by atoms with van der Waals surface area (Å²) in [6.45, 7) is 12.5. The van der Waals surface area contributed by atoms with Gasteiger partial charge in [-0.1, -0.05) is 60.7 Å². The third-order valence-electron chi connectivity index (χ3n) is 8.57. The van der Waals surface area contributed by atoms with Crippen molar-refractivity contribution in [1.29, 1.82) is 0 Å². The Bertz CT molecular complexity index is 1840. The first-order valence-corrected chi connectivity index (χ1v) is 16.2. The average molecular weight is 605 g/mol. The Labute approximate surface area is 271 Å². The van der Waals surface area contributed by atoms with Crippen LogP contribution in [0.3, 0.4) is 0 Å². The van der Waals surface area contributed by atoms with Crippen molar-refractivity contribution in [3.63, 3.8) is 0 Å². The first kappa shape index (κ1) is 30.7. The molecule has 0 aromatic heterocycles. The van der Waals surface area contributed by atoms with E-state index in [4.69, 9.17) is 20.5 Å².